The lowest BCUT2D eigenvalue weighted by Crippen LogP contribution is -2.30. The van der Waals surface area contributed by atoms with Gasteiger partial charge in [0.1, 0.15) is 23.3 Å². The average Bonchev–Trinajstić information content (AvgIpc) is 3.10. The topological polar surface area (TPSA) is 104 Å². The Morgan fingerprint density at radius 2 is 1.83 bits per heavy atom. The van der Waals surface area contributed by atoms with Crippen molar-refractivity contribution in [2.45, 2.75) is 6.42 Å². The first-order valence-corrected chi connectivity index (χ1v) is 9.22. The van der Waals surface area contributed by atoms with Crippen LogP contribution in [0.3, 0.4) is 0 Å². The number of nitrogens with zero attached hydrogens (tertiary/aromatic N) is 2. The fourth-order valence-corrected chi connectivity index (χ4v) is 2.91. The molecular formula is C22H19FN4O3. The quantitative estimate of drug-likeness (QED) is 0.437. The smallest absolute Gasteiger partial charge is 0.264 e. The molecule has 30 heavy (non-hydrogen) atoms. The predicted octanol–water partition coefficient (Wildman–Crippen LogP) is 2.40. The van der Waals surface area contributed by atoms with E-state index >= 15 is 0 Å². The van der Waals surface area contributed by atoms with Crippen LogP contribution in [0.15, 0.2) is 59.1 Å². The van der Waals surface area contributed by atoms with Crippen LogP contribution >= 0.6 is 0 Å². The number of hydrogen-bond acceptors (Lipinski definition) is 5. The summed E-state index contributed by atoms with van der Waals surface area (Å²) in [6.07, 6.45) is 0.606. The van der Waals surface area contributed by atoms with Crippen LogP contribution in [-0.2, 0) is 9.53 Å². The first-order chi connectivity index (χ1) is 14.5. The summed E-state index contributed by atoms with van der Waals surface area (Å²) in [5.41, 5.74) is 1.45. The molecular weight excluding hydrogens is 387 g/mol. The van der Waals surface area contributed by atoms with Gasteiger partial charge in [-0.25, -0.2) is 9.38 Å². The van der Waals surface area contributed by atoms with Crippen LogP contribution in [0.2, 0.25) is 0 Å². The number of fused-ring (bicyclic) bond motifs is 1. The van der Waals surface area contributed by atoms with Crippen LogP contribution in [0, 0.1) is 17.1 Å². The van der Waals surface area contributed by atoms with Crippen LogP contribution in [0.4, 0.5) is 4.39 Å². The Kier molecular flexibility index (Phi) is 6.67. The van der Waals surface area contributed by atoms with Gasteiger partial charge in [-0.1, -0.05) is 24.3 Å². The SMILES string of the molecule is COCCCNC(=O)/C(C#N)=C1\N=C(NC(=O)c2ccc(F)cc2)c2ccccc21. The van der Waals surface area contributed by atoms with Crippen molar-refractivity contribution in [3.8, 4) is 6.07 Å². The lowest BCUT2D eigenvalue weighted by Gasteiger charge is -2.06. The van der Waals surface area contributed by atoms with Gasteiger partial charge in [0.25, 0.3) is 11.8 Å². The Labute approximate surface area is 172 Å². The summed E-state index contributed by atoms with van der Waals surface area (Å²) in [5.74, 6) is -1.26. The van der Waals surface area contributed by atoms with E-state index in [1.54, 1.807) is 31.4 Å². The van der Waals surface area contributed by atoms with Crippen molar-refractivity contribution >= 4 is 23.3 Å². The first-order valence-electron chi connectivity index (χ1n) is 9.22. The molecule has 3 rings (SSSR count). The van der Waals surface area contributed by atoms with Crippen molar-refractivity contribution in [3.63, 3.8) is 0 Å². The number of carbonyl (C=O) groups excluding carboxylic acids is 2. The molecule has 2 N–H and O–H groups in total. The van der Waals surface area contributed by atoms with Crippen molar-refractivity contribution < 1.29 is 18.7 Å². The van der Waals surface area contributed by atoms with E-state index in [0.29, 0.717) is 30.7 Å². The zero-order valence-corrected chi connectivity index (χ0v) is 16.2. The van der Waals surface area contributed by atoms with E-state index in [-0.39, 0.29) is 22.7 Å². The van der Waals surface area contributed by atoms with Crippen LogP contribution < -0.4 is 10.6 Å². The zero-order chi connectivity index (χ0) is 21.5. The molecule has 7 nitrogen and oxygen atoms in total. The Bertz CT molecular complexity index is 1070. The van der Waals surface area contributed by atoms with E-state index in [1.807, 2.05) is 6.07 Å². The fraction of sp³-hybridized carbons (Fsp3) is 0.182. The Morgan fingerprint density at radius 1 is 1.13 bits per heavy atom. The predicted molar refractivity (Wildman–Crippen MR) is 109 cm³/mol. The average molecular weight is 406 g/mol. The van der Waals surface area contributed by atoms with Gasteiger partial charge in [0.15, 0.2) is 0 Å². The number of methoxy groups -OCH3 is 1. The Hall–Kier alpha value is -3.83. The lowest BCUT2D eigenvalue weighted by atomic mass is 10.0. The number of aliphatic imine (C=N–C) groups is 1. The van der Waals surface area contributed by atoms with Gasteiger partial charge in [-0.3, -0.25) is 9.59 Å². The number of amides is 2. The summed E-state index contributed by atoms with van der Waals surface area (Å²) in [6, 6.07) is 14.0. The summed E-state index contributed by atoms with van der Waals surface area (Å²) in [5, 5.41) is 14.9. The maximum atomic E-state index is 13.1. The molecule has 2 aromatic carbocycles. The van der Waals surface area contributed by atoms with Crippen molar-refractivity contribution in [3.05, 3.63) is 76.6 Å². The van der Waals surface area contributed by atoms with Gasteiger partial charge >= 0.3 is 0 Å². The van der Waals surface area contributed by atoms with E-state index in [2.05, 4.69) is 15.6 Å². The normalized spacial score (nSPS) is 13.7. The van der Waals surface area contributed by atoms with Crippen molar-refractivity contribution in [2.24, 2.45) is 4.99 Å². The Balaban J connectivity index is 1.89. The molecule has 0 radical (unpaired) electrons. The van der Waals surface area contributed by atoms with E-state index in [9.17, 15) is 19.2 Å². The monoisotopic (exact) mass is 406 g/mol. The second-order valence-corrected chi connectivity index (χ2v) is 6.40. The minimum atomic E-state index is -0.548. The van der Waals surface area contributed by atoms with Crippen LogP contribution in [-0.4, -0.2) is 37.9 Å². The highest BCUT2D eigenvalue weighted by molar-refractivity contribution is 6.20. The van der Waals surface area contributed by atoms with Gasteiger partial charge < -0.3 is 15.4 Å². The van der Waals surface area contributed by atoms with Crippen molar-refractivity contribution in [1.82, 2.24) is 10.6 Å². The van der Waals surface area contributed by atoms with Gasteiger partial charge in [0.05, 0.1) is 5.70 Å². The molecule has 2 aromatic rings. The highest BCUT2D eigenvalue weighted by atomic mass is 19.1. The third-order valence-electron chi connectivity index (χ3n) is 4.39. The molecule has 0 unspecified atom stereocenters. The molecule has 0 fully saturated rings. The van der Waals surface area contributed by atoms with Gasteiger partial charge in [0, 0.05) is 37.0 Å². The third-order valence-corrected chi connectivity index (χ3v) is 4.39. The second kappa shape index (κ2) is 9.58. The highest BCUT2D eigenvalue weighted by Crippen LogP contribution is 2.30. The second-order valence-electron chi connectivity index (χ2n) is 6.40. The van der Waals surface area contributed by atoms with E-state index in [0.717, 1.165) is 0 Å². The minimum Gasteiger partial charge on any atom is -0.385 e. The third kappa shape index (κ3) is 4.59. The molecule has 8 heteroatoms. The molecule has 0 atom stereocenters. The van der Waals surface area contributed by atoms with Crippen LogP contribution in [0.5, 0.6) is 0 Å². The number of amidine groups is 1. The summed E-state index contributed by atoms with van der Waals surface area (Å²) in [4.78, 5) is 29.4. The number of nitriles is 1. The molecule has 1 aliphatic rings. The minimum absolute atomic E-state index is 0.147. The lowest BCUT2D eigenvalue weighted by molar-refractivity contribution is -0.117. The highest BCUT2D eigenvalue weighted by Gasteiger charge is 2.27. The summed E-state index contributed by atoms with van der Waals surface area (Å²) < 4.78 is 18.0. The number of halogens is 1. The molecule has 0 aromatic heterocycles. The fourth-order valence-electron chi connectivity index (χ4n) is 2.91. The first kappa shape index (κ1) is 20.9. The molecule has 0 aliphatic carbocycles. The molecule has 1 heterocycles. The zero-order valence-electron chi connectivity index (χ0n) is 16.2. The summed E-state index contributed by atoms with van der Waals surface area (Å²) in [6.45, 7) is 0.837. The largest absolute Gasteiger partial charge is 0.385 e. The molecule has 2 amide bonds. The molecule has 1 aliphatic heterocycles. The van der Waals surface area contributed by atoms with Crippen molar-refractivity contribution in [2.75, 3.05) is 20.3 Å². The summed E-state index contributed by atoms with van der Waals surface area (Å²) >= 11 is 0. The molecule has 0 saturated carbocycles. The van der Waals surface area contributed by atoms with Gasteiger partial charge in [-0.05, 0) is 30.7 Å². The van der Waals surface area contributed by atoms with Crippen LogP contribution in [0.1, 0.15) is 27.9 Å². The van der Waals surface area contributed by atoms with Gasteiger partial charge in [0.2, 0.25) is 0 Å². The number of rotatable bonds is 6. The molecule has 0 saturated heterocycles. The van der Waals surface area contributed by atoms with Gasteiger partial charge in [-0.15, -0.1) is 0 Å². The van der Waals surface area contributed by atoms with E-state index in [1.165, 1.54) is 24.3 Å². The maximum absolute atomic E-state index is 13.1. The molecule has 152 valence electrons. The number of hydrogen-bond donors (Lipinski definition) is 2. The maximum Gasteiger partial charge on any atom is 0.264 e. The number of benzene rings is 2. The number of ether oxygens (including phenoxy) is 1. The van der Waals surface area contributed by atoms with Crippen LogP contribution in [0.25, 0.3) is 5.70 Å². The number of nitrogens with one attached hydrogen (secondary N) is 2. The molecule has 0 bridgehead atoms. The van der Waals surface area contributed by atoms with E-state index in [4.69, 9.17) is 4.74 Å². The van der Waals surface area contributed by atoms with E-state index < -0.39 is 17.6 Å². The molecule has 0 spiro atoms. The standard InChI is InChI=1S/C22H19FN4O3/c1-30-12-4-11-25-22(29)18(13-24)19-16-5-2-3-6-17(16)20(26-19)27-21(28)14-7-9-15(23)10-8-14/h2-3,5-10H,4,11-12H2,1H3,(H,25,29)(H,26,27,28)/b19-18-. The van der Waals surface area contributed by atoms with Crippen molar-refractivity contribution in [1.29, 1.82) is 5.26 Å². The van der Waals surface area contributed by atoms with Gasteiger partial charge in [-0.2, -0.15) is 5.26 Å². The summed E-state index contributed by atoms with van der Waals surface area (Å²) in [7, 11) is 1.57. The number of carbonyl (C=O) groups is 2. The Morgan fingerprint density at radius 3 is 2.50 bits per heavy atom.